The van der Waals surface area contributed by atoms with Gasteiger partial charge in [-0.05, 0) is 25.8 Å². The molecule has 1 fully saturated rings. The SMILES string of the molecule is CC[CH]C1CCCCN1. The summed E-state index contributed by atoms with van der Waals surface area (Å²) in [6.45, 7) is 3.43. The Kier molecular flexibility index (Phi) is 3.05. The van der Waals surface area contributed by atoms with Crippen molar-refractivity contribution in [1.82, 2.24) is 5.32 Å². The third-order valence-electron chi connectivity index (χ3n) is 1.87. The molecule has 9 heavy (non-hydrogen) atoms. The molecule has 1 aliphatic rings. The predicted octanol–water partition coefficient (Wildman–Crippen LogP) is 1.74. The lowest BCUT2D eigenvalue weighted by Gasteiger charge is -2.22. The van der Waals surface area contributed by atoms with E-state index in [-0.39, 0.29) is 0 Å². The Morgan fingerprint density at radius 1 is 1.56 bits per heavy atom. The molecule has 1 rings (SSSR count). The summed E-state index contributed by atoms with van der Waals surface area (Å²) in [5.74, 6) is 0. The summed E-state index contributed by atoms with van der Waals surface area (Å²) in [7, 11) is 0. The summed E-state index contributed by atoms with van der Waals surface area (Å²) in [6.07, 6.45) is 7.72. The normalized spacial score (nSPS) is 28.3. The number of piperidine rings is 1. The van der Waals surface area contributed by atoms with E-state index in [0.29, 0.717) is 0 Å². The van der Waals surface area contributed by atoms with Crippen LogP contribution in [0.2, 0.25) is 0 Å². The Morgan fingerprint density at radius 2 is 2.44 bits per heavy atom. The van der Waals surface area contributed by atoms with E-state index in [9.17, 15) is 0 Å². The van der Waals surface area contributed by atoms with Gasteiger partial charge in [0.05, 0.1) is 0 Å². The van der Waals surface area contributed by atoms with E-state index in [2.05, 4.69) is 18.7 Å². The molecule has 1 heteroatoms. The third kappa shape index (κ3) is 2.35. The highest BCUT2D eigenvalue weighted by atomic mass is 14.9. The molecule has 0 aromatic carbocycles. The monoisotopic (exact) mass is 126 g/mol. The molecule has 1 saturated heterocycles. The van der Waals surface area contributed by atoms with Crippen LogP contribution in [0.25, 0.3) is 0 Å². The summed E-state index contributed by atoms with van der Waals surface area (Å²) < 4.78 is 0. The average molecular weight is 126 g/mol. The van der Waals surface area contributed by atoms with Gasteiger partial charge in [-0.3, -0.25) is 0 Å². The smallest absolute Gasteiger partial charge is 0.00984 e. The Labute approximate surface area is 57.8 Å². The van der Waals surface area contributed by atoms with E-state index < -0.39 is 0 Å². The average Bonchev–Trinajstić information content (AvgIpc) is 1.91. The van der Waals surface area contributed by atoms with Gasteiger partial charge < -0.3 is 5.32 Å². The summed E-state index contributed by atoms with van der Waals surface area (Å²) >= 11 is 0. The van der Waals surface area contributed by atoms with Crippen LogP contribution in [0.3, 0.4) is 0 Å². The van der Waals surface area contributed by atoms with E-state index in [1.54, 1.807) is 0 Å². The Bertz CT molecular complexity index is 62.2. The topological polar surface area (TPSA) is 12.0 Å². The fourth-order valence-corrected chi connectivity index (χ4v) is 1.36. The highest BCUT2D eigenvalue weighted by Gasteiger charge is 2.09. The van der Waals surface area contributed by atoms with Gasteiger partial charge in [-0.25, -0.2) is 0 Å². The molecule has 1 aliphatic heterocycles. The van der Waals surface area contributed by atoms with Gasteiger partial charge in [0.15, 0.2) is 0 Å². The van der Waals surface area contributed by atoms with Gasteiger partial charge in [0, 0.05) is 6.04 Å². The second kappa shape index (κ2) is 3.89. The highest BCUT2D eigenvalue weighted by molar-refractivity contribution is 4.83. The molecule has 1 atom stereocenters. The Balaban J connectivity index is 2.08. The molecule has 0 bridgehead atoms. The van der Waals surface area contributed by atoms with Gasteiger partial charge in [0.2, 0.25) is 0 Å². The summed E-state index contributed by atoms with van der Waals surface area (Å²) in [5, 5.41) is 3.46. The van der Waals surface area contributed by atoms with Crippen LogP contribution < -0.4 is 5.32 Å². The lowest BCUT2D eigenvalue weighted by Crippen LogP contribution is -2.33. The number of hydrogen-bond donors (Lipinski definition) is 1. The molecule has 1 nitrogen and oxygen atoms in total. The van der Waals surface area contributed by atoms with Gasteiger partial charge >= 0.3 is 0 Å². The van der Waals surface area contributed by atoms with Crippen molar-refractivity contribution in [2.24, 2.45) is 0 Å². The molecule has 0 aliphatic carbocycles. The van der Waals surface area contributed by atoms with Crippen LogP contribution in [0.15, 0.2) is 0 Å². The molecule has 1 radical (unpaired) electrons. The van der Waals surface area contributed by atoms with Gasteiger partial charge in [0.1, 0.15) is 0 Å². The van der Waals surface area contributed by atoms with Gasteiger partial charge in [-0.15, -0.1) is 0 Å². The van der Waals surface area contributed by atoms with E-state index in [4.69, 9.17) is 0 Å². The van der Waals surface area contributed by atoms with Crippen molar-refractivity contribution in [3.8, 4) is 0 Å². The molecule has 53 valence electrons. The lowest BCUT2D eigenvalue weighted by molar-refractivity contribution is 0.430. The number of rotatable bonds is 2. The van der Waals surface area contributed by atoms with Crippen LogP contribution in [0.4, 0.5) is 0 Å². The Hall–Kier alpha value is -0.0400. The minimum Gasteiger partial charge on any atom is -0.314 e. The minimum atomic E-state index is 0.726. The zero-order valence-electron chi connectivity index (χ0n) is 6.19. The van der Waals surface area contributed by atoms with Crippen LogP contribution in [-0.2, 0) is 0 Å². The zero-order valence-corrected chi connectivity index (χ0v) is 6.19. The molecule has 0 aromatic rings. The molecule has 1 unspecified atom stereocenters. The largest absolute Gasteiger partial charge is 0.314 e. The van der Waals surface area contributed by atoms with Crippen molar-refractivity contribution in [2.75, 3.05) is 6.54 Å². The fourth-order valence-electron chi connectivity index (χ4n) is 1.36. The maximum absolute atomic E-state index is 3.46. The standard InChI is InChI=1S/C8H16N/c1-2-5-8-6-3-4-7-9-8/h5,8-9H,2-4,6-7H2,1H3. The van der Waals surface area contributed by atoms with Crippen molar-refractivity contribution >= 4 is 0 Å². The van der Waals surface area contributed by atoms with Crippen molar-refractivity contribution in [1.29, 1.82) is 0 Å². The minimum absolute atomic E-state index is 0.726. The quantitative estimate of drug-likeness (QED) is 0.594. The molecule has 0 spiro atoms. The maximum atomic E-state index is 3.46. The van der Waals surface area contributed by atoms with Gasteiger partial charge in [-0.2, -0.15) is 0 Å². The molecule has 0 aromatic heterocycles. The molecule has 0 saturated carbocycles. The Morgan fingerprint density at radius 3 is 3.00 bits per heavy atom. The summed E-state index contributed by atoms with van der Waals surface area (Å²) in [6, 6.07) is 0.726. The second-order valence-electron chi connectivity index (χ2n) is 2.70. The predicted molar refractivity (Wildman–Crippen MR) is 40.2 cm³/mol. The van der Waals surface area contributed by atoms with Crippen LogP contribution in [0.5, 0.6) is 0 Å². The van der Waals surface area contributed by atoms with Crippen molar-refractivity contribution < 1.29 is 0 Å². The van der Waals surface area contributed by atoms with Crippen LogP contribution >= 0.6 is 0 Å². The molecular formula is C8H16N. The molecule has 1 heterocycles. The van der Waals surface area contributed by atoms with E-state index in [1.165, 1.54) is 32.2 Å². The van der Waals surface area contributed by atoms with E-state index in [1.807, 2.05) is 0 Å². The van der Waals surface area contributed by atoms with E-state index >= 15 is 0 Å². The first kappa shape index (κ1) is 7.07. The number of hydrogen-bond acceptors (Lipinski definition) is 1. The van der Waals surface area contributed by atoms with Crippen molar-refractivity contribution in [3.63, 3.8) is 0 Å². The fraction of sp³-hybridized carbons (Fsp3) is 0.875. The first-order valence-corrected chi connectivity index (χ1v) is 4.00. The zero-order chi connectivity index (χ0) is 6.53. The third-order valence-corrected chi connectivity index (χ3v) is 1.87. The van der Waals surface area contributed by atoms with E-state index in [0.717, 1.165) is 6.04 Å². The first-order chi connectivity index (χ1) is 4.43. The van der Waals surface area contributed by atoms with Crippen LogP contribution in [0.1, 0.15) is 32.6 Å². The van der Waals surface area contributed by atoms with Crippen LogP contribution in [0, 0.1) is 6.42 Å². The van der Waals surface area contributed by atoms with Crippen LogP contribution in [-0.4, -0.2) is 12.6 Å². The molecule has 1 N–H and O–H groups in total. The summed E-state index contributed by atoms with van der Waals surface area (Å²) in [5.41, 5.74) is 0. The lowest BCUT2D eigenvalue weighted by atomic mass is 10.0. The number of nitrogens with one attached hydrogen (secondary N) is 1. The van der Waals surface area contributed by atoms with Crippen molar-refractivity contribution in [3.05, 3.63) is 6.42 Å². The van der Waals surface area contributed by atoms with Gasteiger partial charge in [-0.1, -0.05) is 19.8 Å². The highest BCUT2D eigenvalue weighted by Crippen LogP contribution is 2.09. The maximum Gasteiger partial charge on any atom is 0.00984 e. The van der Waals surface area contributed by atoms with Crippen molar-refractivity contribution in [2.45, 2.75) is 38.6 Å². The summed E-state index contributed by atoms with van der Waals surface area (Å²) in [4.78, 5) is 0. The molecule has 0 amide bonds. The second-order valence-corrected chi connectivity index (χ2v) is 2.70. The first-order valence-electron chi connectivity index (χ1n) is 4.00. The molecular weight excluding hydrogens is 110 g/mol. The van der Waals surface area contributed by atoms with Gasteiger partial charge in [0.25, 0.3) is 0 Å².